The Labute approximate surface area is 217 Å². The number of benzene rings is 3. The molecule has 184 valence electrons. The second-order valence-corrected chi connectivity index (χ2v) is 9.89. The van der Waals surface area contributed by atoms with Crippen LogP contribution in [0.3, 0.4) is 0 Å². The predicted molar refractivity (Wildman–Crippen MR) is 143 cm³/mol. The van der Waals surface area contributed by atoms with Crippen LogP contribution in [0.5, 0.6) is 11.5 Å². The van der Waals surface area contributed by atoms with Crippen LogP contribution in [0.25, 0.3) is 11.1 Å². The van der Waals surface area contributed by atoms with E-state index in [1.165, 1.54) is 12.0 Å². The number of aryl methyl sites for hydroxylation is 1. The van der Waals surface area contributed by atoms with Crippen LogP contribution in [0.2, 0.25) is 10.0 Å². The van der Waals surface area contributed by atoms with Crippen molar-refractivity contribution in [3.05, 3.63) is 81.3 Å². The van der Waals surface area contributed by atoms with Crippen LogP contribution >= 0.6 is 23.2 Å². The lowest BCUT2D eigenvalue weighted by Crippen LogP contribution is -2.38. The number of amides is 1. The monoisotopic (exact) mass is 511 g/mol. The summed E-state index contributed by atoms with van der Waals surface area (Å²) in [6.45, 7) is 3.71. The van der Waals surface area contributed by atoms with Crippen molar-refractivity contribution in [3.8, 4) is 22.6 Å². The first-order valence-electron chi connectivity index (χ1n) is 12.2. The number of rotatable bonds is 8. The Morgan fingerprint density at radius 3 is 2.43 bits per heavy atom. The van der Waals surface area contributed by atoms with Crippen molar-refractivity contribution in [1.29, 1.82) is 0 Å². The molecule has 1 fully saturated rings. The highest BCUT2D eigenvalue weighted by Gasteiger charge is 2.18. The number of ether oxygens (including phenoxy) is 1. The van der Waals surface area contributed by atoms with Crippen LogP contribution in [-0.4, -0.2) is 35.6 Å². The van der Waals surface area contributed by atoms with E-state index in [4.69, 9.17) is 27.9 Å². The fourth-order valence-electron chi connectivity index (χ4n) is 4.52. The van der Waals surface area contributed by atoms with Crippen molar-refractivity contribution in [1.82, 2.24) is 4.90 Å². The molecule has 1 amide bonds. The van der Waals surface area contributed by atoms with Gasteiger partial charge in [-0.3, -0.25) is 4.79 Å². The van der Waals surface area contributed by atoms with E-state index < -0.39 is 0 Å². The molecular formula is C29H31Cl2NO3. The summed E-state index contributed by atoms with van der Waals surface area (Å²) in [5.74, 6) is 0.704. The number of hydrogen-bond donors (Lipinski definition) is 1. The van der Waals surface area contributed by atoms with Crippen LogP contribution in [0.4, 0.5) is 0 Å². The Morgan fingerprint density at radius 1 is 0.971 bits per heavy atom. The van der Waals surface area contributed by atoms with Crippen LogP contribution in [-0.2, 0) is 17.6 Å². The highest BCUT2D eigenvalue weighted by atomic mass is 35.5. The minimum Gasteiger partial charge on any atom is -0.507 e. The molecule has 35 heavy (non-hydrogen) atoms. The fraction of sp³-hybridized carbons (Fsp3) is 0.345. The number of likely N-dealkylation sites (tertiary alicyclic amines) is 1. The summed E-state index contributed by atoms with van der Waals surface area (Å²) >= 11 is 13.2. The van der Waals surface area contributed by atoms with E-state index in [9.17, 15) is 9.90 Å². The number of phenolic OH excluding ortho intramolecular Hbond substituents is 1. The summed E-state index contributed by atoms with van der Waals surface area (Å²) in [6.07, 6.45) is 5.83. The topological polar surface area (TPSA) is 49.8 Å². The Bertz CT molecular complexity index is 1170. The summed E-state index contributed by atoms with van der Waals surface area (Å²) in [6, 6.07) is 17.3. The van der Waals surface area contributed by atoms with Gasteiger partial charge in [-0.25, -0.2) is 0 Å². The van der Waals surface area contributed by atoms with Crippen molar-refractivity contribution in [2.75, 3.05) is 19.7 Å². The normalized spacial score (nSPS) is 13.6. The van der Waals surface area contributed by atoms with E-state index in [1.807, 2.05) is 29.2 Å². The third kappa shape index (κ3) is 6.50. The van der Waals surface area contributed by atoms with E-state index >= 15 is 0 Å². The maximum Gasteiger partial charge on any atom is 0.260 e. The van der Waals surface area contributed by atoms with Gasteiger partial charge in [0.1, 0.15) is 11.5 Å². The van der Waals surface area contributed by atoms with Crippen molar-refractivity contribution in [2.24, 2.45) is 0 Å². The number of carbonyl (C=O) groups excluding carboxylic acids is 1. The molecule has 1 aliphatic rings. The molecular weight excluding hydrogens is 481 g/mol. The molecule has 1 aliphatic heterocycles. The van der Waals surface area contributed by atoms with E-state index in [2.05, 4.69) is 19.1 Å². The van der Waals surface area contributed by atoms with Crippen molar-refractivity contribution in [2.45, 2.75) is 45.4 Å². The van der Waals surface area contributed by atoms with Gasteiger partial charge in [-0.1, -0.05) is 66.9 Å². The molecule has 0 spiro atoms. The van der Waals surface area contributed by atoms with Gasteiger partial charge in [0.15, 0.2) is 6.61 Å². The van der Waals surface area contributed by atoms with Crippen LogP contribution < -0.4 is 4.74 Å². The molecule has 0 unspecified atom stereocenters. The zero-order chi connectivity index (χ0) is 24.8. The fourth-order valence-corrected chi connectivity index (χ4v) is 5.12. The molecule has 4 rings (SSSR count). The van der Waals surface area contributed by atoms with E-state index in [0.717, 1.165) is 61.0 Å². The van der Waals surface area contributed by atoms with Gasteiger partial charge in [0.25, 0.3) is 5.91 Å². The van der Waals surface area contributed by atoms with Gasteiger partial charge in [-0.05, 0) is 72.2 Å². The van der Waals surface area contributed by atoms with E-state index in [-0.39, 0.29) is 18.3 Å². The Kier molecular flexibility index (Phi) is 8.59. The molecule has 4 nitrogen and oxygen atoms in total. The SMILES string of the molecule is CCCc1cccc(-c2cc(Cc3c(Cl)cc(OCC(=O)N4CCCCC4)cc3Cl)ccc2O)c1. The second kappa shape index (κ2) is 11.8. The smallest absolute Gasteiger partial charge is 0.260 e. The van der Waals surface area contributed by atoms with Crippen LogP contribution in [0, 0.1) is 0 Å². The Morgan fingerprint density at radius 2 is 1.71 bits per heavy atom. The first-order chi connectivity index (χ1) is 16.9. The van der Waals surface area contributed by atoms with Crippen LogP contribution in [0.15, 0.2) is 54.6 Å². The molecule has 0 atom stereocenters. The standard InChI is InChI=1S/C29H31Cl2NO3/c1-2-7-20-8-6-9-22(14-20)24-15-21(10-11-28(24)33)16-25-26(30)17-23(18-27(25)31)35-19-29(34)32-12-4-3-5-13-32/h6,8-11,14-15,17-18,33H,2-5,7,12-13,16,19H2,1H3. The number of hydrogen-bond acceptors (Lipinski definition) is 3. The summed E-state index contributed by atoms with van der Waals surface area (Å²) in [5, 5.41) is 11.5. The van der Waals surface area contributed by atoms with Gasteiger partial charge >= 0.3 is 0 Å². The average molecular weight is 512 g/mol. The lowest BCUT2D eigenvalue weighted by molar-refractivity contribution is -0.134. The van der Waals surface area contributed by atoms with Gasteiger partial charge in [-0.15, -0.1) is 0 Å². The molecule has 1 heterocycles. The highest BCUT2D eigenvalue weighted by Crippen LogP contribution is 2.35. The highest BCUT2D eigenvalue weighted by molar-refractivity contribution is 6.36. The maximum atomic E-state index is 12.4. The van der Waals surface area contributed by atoms with Gasteiger partial charge in [0, 0.05) is 35.1 Å². The zero-order valence-electron chi connectivity index (χ0n) is 20.0. The second-order valence-electron chi connectivity index (χ2n) is 9.07. The molecule has 0 bridgehead atoms. The molecule has 0 saturated carbocycles. The first-order valence-corrected chi connectivity index (χ1v) is 13.0. The maximum absolute atomic E-state index is 12.4. The average Bonchev–Trinajstić information content (AvgIpc) is 2.86. The largest absolute Gasteiger partial charge is 0.507 e. The molecule has 0 aromatic heterocycles. The number of nitrogens with zero attached hydrogens (tertiary/aromatic N) is 1. The number of carbonyl (C=O) groups is 1. The Hall–Kier alpha value is -2.69. The lowest BCUT2D eigenvalue weighted by atomic mass is 9.96. The summed E-state index contributed by atoms with van der Waals surface area (Å²) in [5.41, 5.74) is 4.77. The first kappa shape index (κ1) is 25.4. The molecule has 6 heteroatoms. The molecule has 3 aromatic rings. The van der Waals surface area contributed by atoms with Crippen molar-refractivity contribution >= 4 is 29.1 Å². The summed E-state index contributed by atoms with van der Waals surface area (Å²) in [4.78, 5) is 14.2. The van der Waals surface area contributed by atoms with Gasteiger partial charge in [0.2, 0.25) is 0 Å². The lowest BCUT2D eigenvalue weighted by Gasteiger charge is -2.26. The number of piperidine rings is 1. The molecule has 1 N–H and O–H groups in total. The summed E-state index contributed by atoms with van der Waals surface area (Å²) in [7, 11) is 0. The quantitative estimate of drug-likeness (QED) is 0.345. The molecule has 0 aliphatic carbocycles. The van der Waals surface area contributed by atoms with Gasteiger partial charge in [0.05, 0.1) is 0 Å². The van der Waals surface area contributed by atoms with Gasteiger partial charge in [-0.2, -0.15) is 0 Å². The third-order valence-corrected chi connectivity index (χ3v) is 7.08. The van der Waals surface area contributed by atoms with E-state index in [1.54, 1.807) is 18.2 Å². The minimum atomic E-state index is -0.0234. The Balaban J connectivity index is 1.49. The number of aromatic hydroxyl groups is 1. The summed E-state index contributed by atoms with van der Waals surface area (Å²) < 4.78 is 5.72. The minimum absolute atomic E-state index is 0.0133. The van der Waals surface area contributed by atoms with Crippen LogP contribution in [0.1, 0.15) is 49.3 Å². The van der Waals surface area contributed by atoms with Crippen molar-refractivity contribution < 1.29 is 14.6 Å². The third-order valence-electron chi connectivity index (χ3n) is 6.40. The predicted octanol–water partition coefficient (Wildman–Crippen LogP) is 7.30. The van der Waals surface area contributed by atoms with Gasteiger partial charge < -0.3 is 14.7 Å². The number of halogens is 2. The number of phenols is 1. The van der Waals surface area contributed by atoms with Crippen molar-refractivity contribution in [3.63, 3.8) is 0 Å². The molecule has 1 saturated heterocycles. The zero-order valence-corrected chi connectivity index (χ0v) is 21.5. The molecule has 0 radical (unpaired) electrons. The van der Waals surface area contributed by atoms with E-state index in [0.29, 0.717) is 22.2 Å². The molecule has 3 aromatic carbocycles.